The van der Waals surface area contributed by atoms with Crippen LogP contribution in [0.15, 0.2) is 54.7 Å². The maximum atomic E-state index is 12.8. The molecule has 0 radical (unpaired) electrons. The van der Waals surface area contributed by atoms with Crippen molar-refractivity contribution in [1.29, 1.82) is 0 Å². The van der Waals surface area contributed by atoms with Crippen molar-refractivity contribution < 1.29 is 19.1 Å². The van der Waals surface area contributed by atoms with E-state index in [0.717, 1.165) is 17.2 Å². The number of para-hydroxylation sites is 1. The number of methoxy groups -OCH3 is 1. The lowest BCUT2D eigenvalue weighted by molar-refractivity contribution is -0.106. The molecule has 7 heteroatoms. The lowest BCUT2D eigenvalue weighted by Gasteiger charge is -2.35. The van der Waals surface area contributed by atoms with Crippen molar-refractivity contribution in [2.75, 3.05) is 33.3 Å². The molecule has 2 amide bonds. The van der Waals surface area contributed by atoms with Crippen LogP contribution in [0.25, 0.3) is 10.9 Å². The fraction of sp³-hybridized carbons (Fsp3) is 0.261. The topological polar surface area (TPSA) is 82.7 Å². The highest BCUT2D eigenvalue weighted by atomic mass is 16.5. The Morgan fingerprint density at radius 1 is 0.967 bits per heavy atom. The minimum absolute atomic E-state index is 0.00380. The van der Waals surface area contributed by atoms with E-state index in [0.29, 0.717) is 43.1 Å². The second kappa shape index (κ2) is 9.73. The van der Waals surface area contributed by atoms with Crippen LogP contribution in [-0.2, 0) is 4.79 Å². The number of aldehydes is 1. The summed E-state index contributed by atoms with van der Waals surface area (Å²) in [5, 5.41) is 1.08. The standard InChI is InChI=1S/C21H21N3O3.C2H4O/c1-27-19-5-3-2-4-17(19)21(26)24-12-10-23(11-13-24)20(25)16-7-6-15-8-9-22-18(15)14-16;1-2-3/h2-9,14,22H,10-13H2,1H3;2H,1H3. The van der Waals surface area contributed by atoms with Crippen LogP contribution in [0, 0.1) is 0 Å². The Kier molecular flexibility index (Phi) is 6.85. The van der Waals surface area contributed by atoms with Crippen LogP contribution in [0.5, 0.6) is 5.75 Å². The third-order valence-corrected chi connectivity index (χ3v) is 4.99. The molecule has 0 aliphatic carbocycles. The van der Waals surface area contributed by atoms with Gasteiger partial charge in [0.05, 0.1) is 12.7 Å². The first-order chi connectivity index (χ1) is 14.6. The van der Waals surface area contributed by atoms with Gasteiger partial charge in [-0.15, -0.1) is 0 Å². The SMILES string of the molecule is CC=O.COc1ccccc1C(=O)N1CCN(C(=O)c2ccc3cc[nH]c3c2)CC1. The quantitative estimate of drug-likeness (QED) is 0.677. The summed E-state index contributed by atoms with van der Waals surface area (Å²) in [6, 6.07) is 14.9. The maximum absolute atomic E-state index is 12.8. The molecule has 0 bridgehead atoms. The van der Waals surface area contributed by atoms with Gasteiger partial charge in [-0.05, 0) is 42.6 Å². The molecule has 30 heavy (non-hydrogen) atoms. The molecule has 7 nitrogen and oxygen atoms in total. The molecule has 1 saturated heterocycles. The number of carbonyl (C=O) groups excluding carboxylic acids is 3. The molecule has 2 aromatic carbocycles. The number of fused-ring (bicyclic) bond motifs is 1. The smallest absolute Gasteiger partial charge is 0.257 e. The highest BCUT2D eigenvalue weighted by molar-refractivity contribution is 5.99. The summed E-state index contributed by atoms with van der Waals surface area (Å²) in [7, 11) is 1.56. The Morgan fingerprint density at radius 3 is 2.27 bits per heavy atom. The Morgan fingerprint density at radius 2 is 1.60 bits per heavy atom. The number of amides is 2. The van der Waals surface area contributed by atoms with Gasteiger partial charge in [0.15, 0.2) is 0 Å². The van der Waals surface area contributed by atoms with Gasteiger partial charge in [0.25, 0.3) is 11.8 Å². The summed E-state index contributed by atoms with van der Waals surface area (Å²) in [4.78, 5) is 41.1. The van der Waals surface area contributed by atoms with Crippen molar-refractivity contribution in [3.05, 3.63) is 65.9 Å². The molecule has 1 aliphatic heterocycles. The van der Waals surface area contributed by atoms with Gasteiger partial charge >= 0.3 is 0 Å². The normalized spacial score (nSPS) is 13.4. The first-order valence-corrected chi connectivity index (χ1v) is 9.77. The molecular weight excluding hydrogens is 382 g/mol. The van der Waals surface area contributed by atoms with E-state index < -0.39 is 0 Å². The number of nitrogens with zero attached hydrogens (tertiary/aromatic N) is 2. The molecule has 2 heterocycles. The predicted molar refractivity (Wildman–Crippen MR) is 115 cm³/mol. The molecule has 1 aliphatic rings. The van der Waals surface area contributed by atoms with Crippen LogP contribution >= 0.6 is 0 Å². The number of hydrogen-bond donors (Lipinski definition) is 1. The first-order valence-electron chi connectivity index (χ1n) is 9.77. The van der Waals surface area contributed by atoms with Gasteiger partial charge < -0.3 is 24.3 Å². The molecular formula is C23H25N3O4. The van der Waals surface area contributed by atoms with Crippen molar-refractivity contribution in [2.45, 2.75) is 6.92 Å². The van der Waals surface area contributed by atoms with Gasteiger partial charge in [-0.1, -0.05) is 18.2 Å². The summed E-state index contributed by atoms with van der Waals surface area (Å²) >= 11 is 0. The molecule has 0 atom stereocenters. The Hall–Kier alpha value is -3.61. The van der Waals surface area contributed by atoms with E-state index in [1.165, 1.54) is 6.92 Å². The number of benzene rings is 2. The van der Waals surface area contributed by atoms with E-state index in [9.17, 15) is 9.59 Å². The van der Waals surface area contributed by atoms with E-state index in [4.69, 9.17) is 9.53 Å². The summed E-state index contributed by atoms with van der Waals surface area (Å²) in [6.45, 7) is 3.49. The highest BCUT2D eigenvalue weighted by Crippen LogP contribution is 2.21. The summed E-state index contributed by atoms with van der Waals surface area (Å²) in [6.07, 6.45) is 2.61. The van der Waals surface area contributed by atoms with Crippen molar-refractivity contribution in [1.82, 2.24) is 14.8 Å². The van der Waals surface area contributed by atoms with E-state index in [1.54, 1.807) is 29.0 Å². The molecule has 0 saturated carbocycles. The second-order valence-electron chi connectivity index (χ2n) is 6.80. The van der Waals surface area contributed by atoms with Gasteiger partial charge in [0.1, 0.15) is 12.0 Å². The fourth-order valence-corrected chi connectivity index (χ4v) is 3.47. The summed E-state index contributed by atoms with van der Waals surface area (Å²) in [5.41, 5.74) is 2.16. The van der Waals surface area contributed by atoms with Crippen LogP contribution in [0.3, 0.4) is 0 Å². The Balaban J connectivity index is 0.000000806. The van der Waals surface area contributed by atoms with Crippen molar-refractivity contribution in [3.8, 4) is 5.75 Å². The van der Waals surface area contributed by atoms with E-state index >= 15 is 0 Å². The Bertz CT molecular complexity index is 1040. The van der Waals surface area contributed by atoms with Gasteiger partial charge in [-0.25, -0.2) is 0 Å². The summed E-state index contributed by atoms with van der Waals surface area (Å²) < 4.78 is 5.29. The minimum Gasteiger partial charge on any atom is -0.496 e. The second-order valence-corrected chi connectivity index (χ2v) is 6.80. The number of hydrogen-bond acceptors (Lipinski definition) is 4. The molecule has 156 valence electrons. The fourth-order valence-electron chi connectivity index (χ4n) is 3.47. The largest absolute Gasteiger partial charge is 0.496 e. The van der Waals surface area contributed by atoms with Crippen LogP contribution in [0.2, 0.25) is 0 Å². The van der Waals surface area contributed by atoms with Gasteiger partial charge in [0, 0.05) is 43.5 Å². The third kappa shape index (κ3) is 4.51. The number of rotatable bonds is 3. The number of aromatic nitrogens is 1. The average Bonchev–Trinajstić information content (AvgIpc) is 3.26. The zero-order valence-corrected chi connectivity index (χ0v) is 17.1. The predicted octanol–water partition coefficient (Wildman–Crippen LogP) is 2.98. The number of carbonyl (C=O) groups is 3. The van der Waals surface area contributed by atoms with Crippen LogP contribution in [0.4, 0.5) is 0 Å². The zero-order valence-electron chi connectivity index (χ0n) is 17.1. The van der Waals surface area contributed by atoms with Crippen molar-refractivity contribution in [3.63, 3.8) is 0 Å². The monoisotopic (exact) mass is 407 g/mol. The third-order valence-electron chi connectivity index (χ3n) is 4.99. The molecule has 0 unspecified atom stereocenters. The van der Waals surface area contributed by atoms with E-state index in [1.807, 2.05) is 42.6 Å². The minimum atomic E-state index is -0.0626. The molecule has 1 N–H and O–H groups in total. The molecule has 1 fully saturated rings. The molecule has 0 spiro atoms. The van der Waals surface area contributed by atoms with Crippen LogP contribution in [0.1, 0.15) is 27.6 Å². The Labute approximate surface area is 175 Å². The van der Waals surface area contributed by atoms with Gasteiger partial charge in [-0.2, -0.15) is 0 Å². The molecule has 1 aromatic heterocycles. The van der Waals surface area contributed by atoms with Gasteiger partial charge in [-0.3, -0.25) is 9.59 Å². The number of aromatic amines is 1. The first kappa shape index (κ1) is 21.1. The average molecular weight is 407 g/mol. The summed E-state index contributed by atoms with van der Waals surface area (Å²) in [5.74, 6) is 0.503. The van der Waals surface area contributed by atoms with Crippen molar-refractivity contribution in [2.24, 2.45) is 0 Å². The van der Waals surface area contributed by atoms with Gasteiger partial charge in [0.2, 0.25) is 0 Å². The van der Waals surface area contributed by atoms with Crippen molar-refractivity contribution >= 4 is 29.0 Å². The lowest BCUT2D eigenvalue weighted by atomic mass is 10.1. The maximum Gasteiger partial charge on any atom is 0.257 e. The number of nitrogens with one attached hydrogen (secondary N) is 1. The van der Waals surface area contributed by atoms with E-state index in [-0.39, 0.29) is 11.8 Å². The lowest BCUT2D eigenvalue weighted by Crippen LogP contribution is -2.50. The number of piperazine rings is 1. The highest BCUT2D eigenvalue weighted by Gasteiger charge is 2.26. The van der Waals surface area contributed by atoms with Crippen LogP contribution in [-0.4, -0.2) is 66.2 Å². The molecule has 4 rings (SSSR count). The van der Waals surface area contributed by atoms with Crippen LogP contribution < -0.4 is 4.74 Å². The number of H-pyrrole nitrogens is 1. The number of ether oxygens (including phenoxy) is 1. The molecule has 3 aromatic rings. The zero-order chi connectivity index (χ0) is 21.5. The van der Waals surface area contributed by atoms with E-state index in [2.05, 4.69) is 4.98 Å².